The number of aliphatic hydroxyl groups is 1. The number of nitriles is 1. The largest absolute Gasteiger partial charge is 0.496 e. The Kier molecular flexibility index (Phi) is 5.15. The molecule has 1 atom stereocenters. The van der Waals surface area contributed by atoms with Crippen LogP contribution in [0.4, 0.5) is 0 Å². The van der Waals surface area contributed by atoms with Gasteiger partial charge in [-0.2, -0.15) is 5.26 Å². The van der Waals surface area contributed by atoms with Crippen LogP contribution in [0.1, 0.15) is 45.6 Å². The molecule has 0 heterocycles. The molecule has 0 saturated carbocycles. The van der Waals surface area contributed by atoms with Crippen molar-refractivity contribution >= 4 is 5.78 Å². The van der Waals surface area contributed by atoms with Gasteiger partial charge >= 0.3 is 0 Å². The molecular weight excluding hydrogens is 290 g/mol. The molecule has 0 aliphatic rings. The lowest BCUT2D eigenvalue weighted by atomic mass is 9.96. The Morgan fingerprint density at radius 1 is 1.30 bits per heavy atom. The summed E-state index contributed by atoms with van der Waals surface area (Å²) in [4.78, 5) is 12.5. The molecular formula is C19H19NO3. The highest BCUT2D eigenvalue weighted by Gasteiger charge is 2.14. The fourth-order valence-corrected chi connectivity index (χ4v) is 2.55. The number of aliphatic hydroxyl groups excluding tert-OH is 1. The maximum absolute atomic E-state index is 12.5. The van der Waals surface area contributed by atoms with Gasteiger partial charge < -0.3 is 9.84 Å². The van der Waals surface area contributed by atoms with E-state index in [4.69, 9.17) is 10.00 Å². The summed E-state index contributed by atoms with van der Waals surface area (Å²) in [5, 5.41) is 18.7. The quantitative estimate of drug-likeness (QED) is 0.860. The Bertz CT molecular complexity index is 773. The molecule has 1 unspecified atom stereocenters. The highest BCUT2D eigenvalue weighted by atomic mass is 16.5. The second-order valence-corrected chi connectivity index (χ2v) is 5.49. The maximum Gasteiger partial charge on any atom is 0.167 e. The molecule has 0 bridgehead atoms. The van der Waals surface area contributed by atoms with Gasteiger partial charge in [-0.1, -0.05) is 6.07 Å². The lowest BCUT2D eigenvalue weighted by Crippen LogP contribution is -2.07. The zero-order chi connectivity index (χ0) is 17.0. The minimum Gasteiger partial charge on any atom is -0.496 e. The van der Waals surface area contributed by atoms with Gasteiger partial charge in [0, 0.05) is 17.5 Å². The van der Waals surface area contributed by atoms with Gasteiger partial charge in [-0.05, 0) is 55.3 Å². The molecule has 4 nitrogen and oxygen atoms in total. The number of benzene rings is 2. The van der Waals surface area contributed by atoms with Crippen LogP contribution in [0, 0.1) is 18.3 Å². The van der Waals surface area contributed by atoms with Crippen molar-refractivity contribution in [2.75, 3.05) is 7.11 Å². The Hall–Kier alpha value is -2.64. The number of nitrogens with zero attached hydrogens (tertiary/aromatic N) is 1. The van der Waals surface area contributed by atoms with Crippen molar-refractivity contribution in [2.45, 2.75) is 26.4 Å². The molecule has 0 radical (unpaired) electrons. The molecule has 118 valence electrons. The van der Waals surface area contributed by atoms with E-state index in [1.165, 1.54) is 0 Å². The van der Waals surface area contributed by atoms with Crippen LogP contribution in [0.25, 0.3) is 0 Å². The molecule has 0 aliphatic heterocycles. The van der Waals surface area contributed by atoms with Gasteiger partial charge in [0.1, 0.15) is 5.75 Å². The Labute approximate surface area is 136 Å². The van der Waals surface area contributed by atoms with Crippen molar-refractivity contribution < 1.29 is 14.6 Å². The summed E-state index contributed by atoms with van der Waals surface area (Å²) in [5.74, 6) is 0.583. The molecule has 23 heavy (non-hydrogen) atoms. The molecule has 0 aromatic heterocycles. The number of ether oxygens (including phenoxy) is 1. The van der Waals surface area contributed by atoms with Gasteiger partial charge in [0.2, 0.25) is 0 Å². The summed E-state index contributed by atoms with van der Waals surface area (Å²) in [6, 6.07) is 12.5. The number of hydrogen-bond acceptors (Lipinski definition) is 4. The van der Waals surface area contributed by atoms with Crippen LogP contribution in [-0.2, 0) is 6.42 Å². The SMILES string of the molecule is COc1ccc(CC(=O)c2ccc(C#N)cc2C)cc1C(C)O. The fraction of sp³-hybridized carbons (Fsp3) is 0.263. The first kappa shape index (κ1) is 16.7. The van der Waals surface area contributed by atoms with Crippen molar-refractivity contribution in [1.29, 1.82) is 5.26 Å². The van der Waals surface area contributed by atoms with Crippen molar-refractivity contribution in [2.24, 2.45) is 0 Å². The third kappa shape index (κ3) is 3.77. The maximum atomic E-state index is 12.5. The van der Waals surface area contributed by atoms with Crippen molar-refractivity contribution in [3.05, 3.63) is 64.2 Å². The smallest absolute Gasteiger partial charge is 0.167 e. The summed E-state index contributed by atoms with van der Waals surface area (Å²) in [5.41, 5.74) is 3.42. The van der Waals surface area contributed by atoms with E-state index >= 15 is 0 Å². The van der Waals surface area contributed by atoms with Crippen molar-refractivity contribution in [1.82, 2.24) is 0 Å². The molecule has 0 aliphatic carbocycles. The third-order valence-corrected chi connectivity index (χ3v) is 3.76. The summed E-state index contributed by atoms with van der Waals surface area (Å²) < 4.78 is 5.22. The van der Waals surface area contributed by atoms with Gasteiger partial charge in [-0.25, -0.2) is 0 Å². The van der Waals surface area contributed by atoms with E-state index in [0.717, 1.165) is 11.1 Å². The number of methoxy groups -OCH3 is 1. The highest BCUT2D eigenvalue weighted by Crippen LogP contribution is 2.26. The molecule has 0 fully saturated rings. The predicted octanol–water partition coefficient (Wildman–Crippen LogP) is 3.35. The Balaban J connectivity index is 2.27. The first-order valence-corrected chi connectivity index (χ1v) is 7.35. The van der Waals surface area contributed by atoms with E-state index in [1.807, 2.05) is 13.0 Å². The molecule has 2 aromatic rings. The standard InChI is InChI=1S/C19H19NO3/c1-12-8-15(11-20)4-6-16(12)18(22)10-14-5-7-19(23-3)17(9-14)13(2)21/h4-9,13,21H,10H2,1-3H3. The molecule has 0 spiro atoms. The first-order chi connectivity index (χ1) is 11.0. The number of hydrogen-bond donors (Lipinski definition) is 1. The third-order valence-electron chi connectivity index (χ3n) is 3.76. The summed E-state index contributed by atoms with van der Waals surface area (Å²) in [6.45, 7) is 3.48. The van der Waals surface area contributed by atoms with Gasteiger partial charge in [0.25, 0.3) is 0 Å². The van der Waals surface area contributed by atoms with Crippen LogP contribution in [-0.4, -0.2) is 18.0 Å². The molecule has 4 heteroatoms. The zero-order valence-electron chi connectivity index (χ0n) is 13.5. The van der Waals surface area contributed by atoms with Crippen LogP contribution in [0.15, 0.2) is 36.4 Å². The minimum absolute atomic E-state index is 0.0197. The summed E-state index contributed by atoms with van der Waals surface area (Å²) in [6.07, 6.45) is -0.437. The summed E-state index contributed by atoms with van der Waals surface area (Å²) in [7, 11) is 1.55. The van der Waals surface area contributed by atoms with E-state index in [9.17, 15) is 9.90 Å². The number of ketones is 1. The van der Waals surface area contributed by atoms with E-state index in [1.54, 1.807) is 44.4 Å². The highest BCUT2D eigenvalue weighted by molar-refractivity contribution is 5.99. The second kappa shape index (κ2) is 7.08. The van der Waals surface area contributed by atoms with E-state index in [0.29, 0.717) is 22.4 Å². The number of aryl methyl sites for hydroxylation is 1. The van der Waals surface area contributed by atoms with Crippen LogP contribution in [0.2, 0.25) is 0 Å². The molecule has 1 N–H and O–H groups in total. The van der Waals surface area contributed by atoms with Crippen molar-refractivity contribution in [3.63, 3.8) is 0 Å². The number of carbonyl (C=O) groups excluding carboxylic acids is 1. The monoisotopic (exact) mass is 309 g/mol. The number of carbonyl (C=O) groups is 1. The molecule has 2 aromatic carbocycles. The average Bonchev–Trinajstić information content (AvgIpc) is 2.54. The second-order valence-electron chi connectivity index (χ2n) is 5.49. The number of rotatable bonds is 5. The molecule has 0 saturated heterocycles. The Morgan fingerprint density at radius 3 is 2.61 bits per heavy atom. The average molecular weight is 309 g/mol. The first-order valence-electron chi connectivity index (χ1n) is 7.35. The van der Waals surface area contributed by atoms with Gasteiger partial charge in [-0.3, -0.25) is 4.79 Å². The topological polar surface area (TPSA) is 70.3 Å². The number of Topliss-reactive ketones (excluding diaryl/α,β-unsaturated/α-hetero) is 1. The van der Waals surface area contributed by atoms with Crippen LogP contribution in [0.5, 0.6) is 5.75 Å². The predicted molar refractivity (Wildman–Crippen MR) is 87.6 cm³/mol. The summed E-state index contributed by atoms with van der Waals surface area (Å²) >= 11 is 0. The van der Waals surface area contributed by atoms with Crippen LogP contribution in [0.3, 0.4) is 0 Å². The van der Waals surface area contributed by atoms with Crippen LogP contribution >= 0.6 is 0 Å². The van der Waals surface area contributed by atoms with Gasteiger partial charge in [0.15, 0.2) is 5.78 Å². The fourth-order valence-electron chi connectivity index (χ4n) is 2.55. The van der Waals surface area contributed by atoms with E-state index in [2.05, 4.69) is 6.07 Å². The van der Waals surface area contributed by atoms with E-state index in [-0.39, 0.29) is 12.2 Å². The van der Waals surface area contributed by atoms with Crippen LogP contribution < -0.4 is 4.74 Å². The zero-order valence-corrected chi connectivity index (χ0v) is 13.5. The van der Waals surface area contributed by atoms with E-state index < -0.39 is 6.10 Å². The molecule has 2 rings (SSSR count). The normalized spacial score (nSPS) is 11.6. The molecule has 0 amide bonds. The van der Waals surface area contributed by atoms with Crippen molar-refractivity contribution in [3.8, 4) is 11.8 Å². The minimum atomic E-state index is -0.670. The van der Waals surface area contributed by atoms with Gasteiger partial charge in [-0.15, -0.1) is 0 Å². The van der Waals surface area contributed by atoms with Gasteiger partial charge in [0.05, 0.1) is 24.8 Å². The lowest BCUT2D eigenvalue weighted by molar-refractivity contribution is 0.0992. The Morgan fingerprint density at radius 2 is 2.04 bits per heavy atom. The lowest BCUT2D eigenvalue weighted by Gasteiger charge is -2.13.